The van der Waals surface area contributed by atoms with E-state index in [1.54, 1.807) is 12.1 Å². The van der Waals surface area contributed by atoms with Gasteiger partial charge in [0, 0.05) is 5.69 Å². The minimum absolute atomic E-state index is 0.164. The van der Waals surface area contributed by atoms with Gasteiger partial charge in [-0.15, -0.1) is 0 Å². The largest absolute Gasteiger partial charge is 0.446 e. The monoisotopic (exact) mass is 221 g/mol. The number of hydrogen-bond donors (Lipinski definition) is 1. The van der Waals surface area contributed by atoms with Crippen LogP contribution in [0.25, 0.3) is 0 Å². The quantitative estimate of drug-likeness (QED) is 0.797. The van der Waals surface area contributed by atoms with Crippen LogP contribution in [0.2, 0.25) is 0 Å². The lowest BCUT2D eigenvalue weighted by Crippen LogP contribution is -2.23. The van der Waals surface area contributed by atoms with Crippen molar-refractivity contribution in [1.29, 1.82) is 0 Å². The highest BCUT2D eigenvalue weighted by Crippen LogP contribution is 2.35. The second kappa shape index (κ2) is 4.14. The summed E-state index contributed by atoms with van der Waals surface area (Å²) in [6.07, 6.45) is -0.285. The van der Waals surface area contributed by atoms with Gasteiger partial charge in [0.25, 0.3) is 0 Å². The van der Waals surface area contributed by atoms with Crippen molar-refractivity contribution in [3.05, 3.63) is 30.3 Å². The average Bonchev–Trinajstić information content (AvgIpc) is 2.86. The van der Waals surface area contributed by atoms with E-state index >= 15 is 0 Å². The van der Waals surface area contributed by atoms with Crippen LogP contribution in [0.5, 0.6) is 0 Å². The van der Waals surface area contributed by atoms with Crippen LogP contribution in [0.1, 0.15) is 13.8 Å². The zero-order valence-electron chi connectivity index (χ0n) is 9.40. The van der Waals surface area contributed by atoms with E-state index in [1.165, 1.54) is 0 Å². The fourth-order valence-corrected chi connectivity index (χ4v) is 1.41. The molecule has 2 atom stereocenters. The minimum atomic E-state index is -0.449. The van der Waals surface area contributed by atoms with Crippen LogP contribution in [0.4, 0.5) is 10.5 Å². The highest BCUT2D eigenvalue weighted by molar-refractivity contribution is 5.84. The standard InChI is InChI=1S/C12H15NO3/c1-9-12(2,16-9)8-15-11(14)13-10-6-4-3-5-7-10/h3-7,9H,8H2,1-2H3,(H,13,14)/t9-,12+/m0/s1. The van der Waals surface area contributed by atoms with E-state index in [2.05, 4.69) is 5.32 Å². The number of anilines is 1. The molecule has 86 valence electrons. The van der Waals surface area contributed by atoms with Crippen LogP contribution in [0, 0.1) is 0 Å². The molecule has 1 saturated heterocycles. The molecule has 1 heterocycles. The van der Waals surface area contributed by atoms with Gasteiger partial charge in [0.1, 0.15) is 12.2 Å². The maximum atomic E-state index is 11.4. The second-order valence-corrected chi connectivity index (χ2v) is 4.14. The highest BCUT2D eigenvalue weighted by Gasteiger charge is 2.50. The first kappa shape index (κ1) is 11.0. The van der Waals surface area contributed by atoms with Gasteiger partial charge in [-0.3, -0.25) is 5.32 Å². The molecule has 0 aliphatic carbocycles. The molecule has 1 aromatic carbocycles. The average molecular weight is 221 g/mol. The number of carbonyl (C=O) groups excluding carboxylic acids is 1. The van der Waals surface area contributed by atoms with Crippen molar-refractivity contribution >= 4 is 11.8 Å². The molecule has 1 amide bonds. The molecule has 1 aromatic rings. The van der Waals surface area contributed by atoms with Gasteiger partial charge < -0.3 is 9.47 Å². The fraction of sp³-hybridized carbons (Fsp3) is 0.417. The summed E-state index contributed by atoms with van der Waals surface area (Å²) in [6.45, 7) is 4.17. The summed E-state index contributed by atoms with van der Waals surface area (Å²) < 4.78 is 10.4. The minimum Gasteiger partial charge on any atom is -0.446 e. The Labute approximate surface area is 94.6 Å². The number of nitrogens with one attached hydrogen (secondary N) is 1. The van der Waals surface area contributed by atoms with Crippen LogP contribution >= 0.6 is 0 Å². The van der Waals surface area contributed by atoms with Crippen LogP contribution < -0.4 is 5.32 Å². The molecule has 1 aliphatic rings. The van der Waals surface area contributed by atoms with Crippen molar-refractivity contribution in [3.63, 3.8) is 0 Å². The van der Waals surface area contributed by atoms with Crippen LogP contribution in [0.15, 0.2) is 30.3 Å². The Balaban J connectivity index is 1.77. The second-order valence-electron chi connectivity index (χ2n) is 4.14. The summed E-state index contributed by atoms with van der Waals surface area (Å²) in [5.74, 6) is 0. The highest BCUT2D eigenvalue weighted by atomic mass is 16.6. The zero-order chi connectivity index (χ0) is 11.6. The summed E-state index contributed by atoms with van der Waals surface area (Å²) in [5, 5.41) is 2.64. The van der Waals surface area contributed by atoms with E-state index in [4.69, 9.17) is 9.47 Å². The molecule has 1 fully saturated rings. The maximum absolute atomic E-state index is 11.4. The smallest absolute Gasteiger partial charge is 0.411 e. The predicted octanol–water partition coefficient (Wildman–Crippen LogP) is 2.41. The van der Waals surface area contributed by atoms with Crippen LogP contribution in [0.3, 0.4) is 0 Å². The number of epoxide rings is 1. The molecule has 0 saturated carbocycles. The normalized spacial score (nSPS) is 27.2. The first-order chi connectivity index (χ1) is 7.60. The third kappa shape index (κ3) is 2.52. The van der Waals surface area contributed by atoms with E-state index in [-0.39, 0.29) is 18.3 Å². The Morgan fingerprint density at radius 3 is 2.69 bits per heavy atom. The summed E-state index contributed by atoms with van der Waals surface area (Å²) in [7, 11) is 0. The Bertz CT molecular complexity index is 379. The lowest BCUT2D eigenvalue weighted by Gasteiger charge is -2.09. The van der Waals surface area contributed by atoms with E-state index < -0.39 is 6.09 Å². The van der Waals surface area contributed by atoms with Gasteiger partial charge in [0.05, 0.1) is 6.10 Å². The lowest BCUT2D eigenvalue weighted by atomic mass is 10.1. The van der Waals surface area contributed by atoms with Crippen LogP contribution in [-0.4, -0.2) is 24.4 Å². The number of hydrogen-bond acceptors (Lipinski definition) is 3. The molecule has 0 radical (unpaired) electrons. The van der Waals surface area contributed by atoms with Crippen molar-refractivity contribution in [3.8, 4) is 0 Å². The molecule has 2 rings (SSSR count). The number of amides is 1. The SMILES string of the molecule is C[C@@H]1O[C@]1(C)COC(=O)Nc1ccccc1. The van der Waals surface area contributed by atoms with Crippen molar-refractivity contribution in [2.45, 2.75) is 25.6 Å². The maximum Gasteiger partial charge on any atom is 0.411 e. The van der Waals surface area contributed by atoms with E-state index in [0.717, 1.165) is 5.69 Å². The number of ether oxygens (including phenoxy) is 2. The van der Waals surface area contributed by atoms with Crippen molar-refractivity contribution in [2.75, 3.05) is 11.9 Å². The van der Waals surface area contributed by atoms with Gasteiger partial charge in [-0.25, -0.2) is 4.79 Å². The summed E-state index contributed by atoms with van der Waals surface area (Å²) in [4.78, 5) is 11.4. The topological polar surface area (TPSA) is 50.9 Å². The Morgan fingerprint density at radius 2 is 2.12 bits per heavy atom. The number of benzene rings is 1. The van der Waals surface area contributed by atoms with Crippen molar-refractivity contribution < 1.29 is 14.3 Å². The first-order valence-electron chi connectivity index (χ1n) is 5.27. The van der Waals surface area contributed by atoms with Gasteiger partial charge in [-0.1, -0.05) is 18.2 Å². The van der Waals surface area contributed by atoms with Gasteiger partial charge in [-0.2, -0.15) is 0 Å². The Morgan fingerprint density at radius 1 is 1.50 bits per heavy atom. The molecule has 4 heteroatoms. The van der Waals surface area contributed by atoms with Gasteiger partial charge in [0.2, 0.25) is 0 Å². The first-order valence-corrected chi connectivity index (χ1v) is 5.27. The van der Waals surface area contributed by atoms with Gasteiger partial charge >= 0.3 is 6.09 Å². The fourth-order valence-electron chi connectivity index (χ4n) is 1.41. The molecule has 1 N–H and O–H groups in total. The molecule has 0 aromatic heterocycles. The number of rotatable bonds is 3. The van der Waals surface area contributed by atoms with Crippen molar-refractivity contribution in [2.24, 2.45) is 0 Å². The third-order valence-corrected chi connectivity index (χ3v) is 2.76. The van der Waals surface area contributed by atoms with Crippen LogP contribution in [-0.2, 0) is 9.47 Å². The molecular formula is C12H15NO3. The molecule has 0 unspecified atom stereocenters. The summed E-state index contributed by atoms with van der Waals surface area (Å²) in [6, 6.07) is 9.20. The number of carbonyl (C=O) groups is 1. The van der Waals surface area contributed by atoms with Gasteiger partial charge in [-0.05, 0) is 26.0 Å². The summed E-state index contributed by atoms with van der Waals surface area (Å²) >= 11 is 0. The predicted molar refractivity (Wildman–Crippen MR) is 60.4 cm³/mol. The molecule has 0 spiro atoms. The zero-order valence-corrected chi connectivity index (χ0v) is 9.40. The molecule has 1 aliphatic heterocycles. The molecular weight excluding hydrogens is 206 g/mol. The molecule has 4 nitrogen and oxygen atoms in total. The lowest BCUT2D eigenvalue weighted by molar-refractivity contribution is 0.127. The van der Waals surface area contributed by atoms with Crippen molar-refractivity contribution in [1.82, 2.24) is 0 Å². The molecule has 0 bridgehead atoms. The molecule has 16 heavy (non-hydrogen) atoms. The summed E-state index contributed by atoms with van der Waals surface area (Å²) in [5.41, 5.74) is 0.427. The van der Waals surface area contributed by atoms with E-state index in [1.807, 2.05) is 32.0 Å². The van der Waals surface area contributed by atoms with Gasteiger partial charge in [0.15, 0.2) is 0 Å². The Hall–Kier alpha value is -1.55. The van der Waals surface area contributed by atoms with E-state index in [0.29, 0.717) is 0 Å². The number of para-hydroxylation sites is 1. The Kier molecular flexibility index (Phi) is 2.83. The van der Waals surface area contributed by atoms with E-state index in [9.17, 15) is 4.79 Å². The third-order valence-electron chi connectivity index (χ3n) is 2.76.